The van der Waals surface area contributed by atoms with E-state index in [2.05, 4.69) is 31.0 Å². The van der Waals surface area contributed by atoms with E-state index in [4.69, 9.17) is 20.4 Å². The maximum absolute atomic E-state index is 15.7. The number of ketones is 1. The number of carbonyl (C=O) groups excluding carboxylic acids is 7. The van der Waals surface area contributed by atoms with Gasteiger partial charge >= 0.3 is 12.1 Å². The first-order valence-corrected chi connectivity index (χ1v) is 24.8. The monoisotopic (exact) mass is 1000 g/mol. The smallest absolute Gasteiger partial charge is 0.410 e. The van der Waals surface area contributed by atoms with Gasteiger partial charge in [0.1, 0.15) is 24.9 Å². The second-order valence-corrected chi connectivity index (χ2v) is 18.9. The fourth-order valence-electron chi connectivity index (χ4n) is 9.09. The lowest BCUT2D eigenvalue weighted by Gasteiger charge is -2.35. The number of amides is 7. The number of H-pyrrole nitrogens is 1. The Kier molecular flexibility index (Phi) is 18.1. The minimum Gasteiger partial charge on any atom is -0.445 e. The Balaban J connectivity index is 0.978. The van der Waals surface area contributed by atoms with E-state index in [1.165, 1.54) is 23.4 Å². The maximum Gasteiger partial charge on any atom is 0.410 e. The first-order valence-electron chi connectivity index (χ1n) is 24.8. The van der Waals surface area contributed by atoms with E-state index >= 15 is 4.39 Å². The topological polar surface area (TPSA) is 269 Å². The highest BCUT2D eigenvalue weighted by atomic mass is 19.1. The number of nitrogens with zero attached hydrogens (tertiary/aromatic N) is 7. The second kappa shape index (κ2) is 25.0. The molecule has 7 amide bonds. The van der Waals surface area contributed by atoms with Gasteiger partial charge in [-0.3, -0.25) is 38.8 Å². The number of nitrogens with two attached hydrogens (primary N) is 1. The van der Waals surface area contributed by atoms with Crippen molar-refractivity contribution in [2.24, 2.45) is 17.6 Å². The minimum absolute atomic E-state index is 0.0705. The van der Waals surface area contributed by atoms with Crippen LogP contribution in [0.5, 0.6) is 0 Å². The molecule has 1 saturated carbocycles. The first kappa shape index (κ1) is 53.0. The van der Waals surface area contributed by atoms with Gasteiger partial charge in [-0.05, 0) is 93.3 Å². The predicted molar refractivity (Wildman–Crippen MR) is 268 cm³/mol. The molecule has 1 fully saturated rings. The summed E-state index contributed by atoms with van der Waals surface area (Å²) in [5, 5.41) is 12.5. The molecule has 2 aliphatic rings. The Bertz CT molecular complexity index is 2790. The molecule has 386 valence electrons. The van der Waals surface area contributed by atoms with Crippen LogP contribution in [0.25, 0.3) is 28.3 Å². The van der Waals surface area contributed by atoms with Crippen LogP contribution in [0.4, 0.5) is 19.7 Å². The normalized spacial score (nSPS) is 16.4. The van der Waals surface area contributed by atoms with Crippen LogP contribution in [0.1, 0.15) is 102 Å². The lowest BCUT2D eigenvalue weighted by molar-refractivity contribution is -0.137. The molecule has 5 heterocycles. The van der Waals surface area contributed by atoms with Gasteiger partial charge < -0.3 is 31.4 Å². The Hall–Kier alpha value is -7.84. The number of pyridine rings is 2. The third-order valence-electron chi connectivity index (χ3n) is 13.0. The van der Waals surface area contributed by atoms with Crippen LogP contribution in [0, 0.1) is 18.8 Å². The number of unbranched alkanes of at least 4 members (excludes halogenated alkanes) is 2. The molecule has 1 aliphatic carbocycles. The SMILES string of the molecule is Cc1cccc(-c2[nH]c(CN(C(=O)OCc3ccc(NC(=O)[C@H](CCCNC(N)=O)CC(=O)[C@@H](NC(=O)CCCCCN4C(=O)C=CC4=O)C(C)C)cc3)C3CCCC[C@H]3F)nc2-c2ccc3ncnn3c2)n1. The van der Waals surface area contributed by atoms with Gasteiger partial charge in [-0.25, -0.2) is 28.5 Å². The predicted octanol–water partition coefficient (Wildman–Crippen LogP) is 6.50. The van der Waals surface area contributed by atoms with Crippen LogP contribution in [-0.4, -0.2) is 112 Å². The van der Waals surface area contributed by atoms with Gasteiger partial charge in [0.2, 0.25) is 11.8 Å². The molecule has 1 unspecified atom stereocenters. The van der Waals surface area contributed by atoms with E-state index in [1.54, 1.807) is 48.8 Å². The summed E-state index contributed by atoms with van der Waals surface area (Å²) in [6.07, 6.45) is 8.06. The number of Topliss-reactive ketones (excluding diaryl/α,β-unsaturated/α-hetero) is 1. The van der Waals surface area contributed by atoms with E-state index < -0.39 is 42.2 Å². The zero-order valence-corrected chi connectivity index (χ0v) is 41.4. The van der Waals surface area contributed by atoms with Crippen LogP contribution >= 0.6 is 0 Å². The molecule has 0 bridgehead atoms. The lowest BCUT2D eigenvalue weighted by Crippen LogP contribution is -2.47. The van der Waals surface area contributed by atoms with Gasteiger partial charge in [0.25, 0.3) is 11.8 Å². The van der Waals surface area contributed by atoms with Crippen molar-refractivity contribution < 1.29 is 42.7 Å². The number of anilines is 1. The highest BCUT2D eigenvalue weighted by Crippen LogP contribution is 2.32. The number of imide groups is 1. The molecular weight excluding hydrogens is 940 g/mol. The molecule has 5 aromatic rings. The Morgan fingerprint density at radius 1 is 0.945 bits per heavy atom. The third kappa shape index (κ3) is 14.4. The summed E-state index contributed by atoms with van der Waals surface area (Å²) in [6.45, 7) is 5.71. The van der Waals surface area contributed by atoms with Crippen LogP contribution in [0.3, 0.4) is 0 Å². The van der Waals surface area contributed by atoms with E-state index in [-0.39, 0.29) is 74.9 Å². The van der Waals surface area contributed by atoms with Crippen LogP contribution < -0.4 is 21.7 Å². The van der Waals surface area contributed by atoms with Crippen LogP contribution in [-0.2, 0) is 41.9 Å². The molecule has 20 nitrogen and oxygen atoms in total. The van der Waals surface area contributed by atoms with Gasteiger partial charge in [-0.15, -0.1) is 0 Å². The summed E-state index contributed by atoms with van der Waals surface area (Å²) in [7, 11) is 0. The van der Waals surface area contributed by atoms with Crippen molar-refractivity contribution in [1.82, 2.24) is 50.0 Å². The summed E-state index contributed by atoms with van der Waals surface area (Å²) >= 11 is 0. The summed E-state index contributed by atoms with van der Waals surface area (Å²) < 4.78 is 23.2. The summed E-state index contributed by atoms with van der Waals surface area (Å²) in [6, 6.07) is 13.7. The number of primary amides is 1. The molecule has 73 heavy (non-hydrogen) atoms. The molecule has 7 rings (SSSR count). The average molecular weight is 1000 g/mol. The van der Waals surface area contributed by atoms with Crippen molar-refractivity contribution in [2.75, 3.05) is 18.4 Å². The number of hydrogen-bond acceptors (Lipinski definition) is 12. The van der Waals surface area contributed by atoms with Crippen molar-refractivity contribution >= 4 is 52.9 Å². The number of ether oxygens (including phenoxy) is 1. The summed E-state index contributed by atoms with van der Waals surface area (Å²) in [4.78, 5) is 109. The number of imidazole rings is 1. The number of halogens is 1. The largest absolute Gasteiger partial charge is 0.445 e. The molecule has 1 aliphatic heterocycles. The molecule has 0 spiro atoms. The summed E-state index contributed by atoms with van der Waals surface area (Å²) in [5.74, 6) is -2.53. The number of aryl methyl sites for hydroxylation is 1. The Labute approximate surface area is 422 Å². The van der Waals surface area contributed by atoms with Crippen molar-refractivity contribution in [3.05, 3.63) is 96.4 Å². The maximum atomic E-state index is 15.7. The number of fused-ring (bicyclic) bond motifs is 1. The third-order valence-corrected chi connectivity index (χ3v) is 13.0. The number of hydrogen-bond donors (Lipinski definition) is 5. The van der Waals surface area contributed by atoms with E-state index in [0.717, 1.165) is 22.6 Å². The number of aromatic nitrogens is 6. The average Bonchev–Trinajstić information content (AvgIpc) is 4.11. The molecule has 0 saturated heterocycles. The number of rotatable bonds is 24. The molecular formula is C52H63FN12O8. The summed E-state index contributed by atoms with van der Waals surface area (Å²) in [5.41, 5.74) is 10.3. The van der Waals surface area contributed by atoms with E-state index in [1.807, 2.05) is 37.3 Å². The molecule has 4 aromatic heterocycles. The zero-order chi connectivity index (χ0) is 52.0. The molecule has 1 aromatic carbocycles. The van der Waals surface area contributed by atoms with Gasteiger partial charge in [-0.1, -0.05) is 51.3 Å². The molecule has 21 heteroatoms. The Morgan fingerprint density at radius 2 is 1.71 bits per heavy atom. The number of urea groups is 1. The fraction of sp³-hybridized carbons (Fsp3) is 0.442. The first-order chi connectivity index (χ1) is 35.1. The van der Waals surface area contributed by atoms with Crippen molar-refractivity contribution in [2.45, 2.75) is 123 Å². The van der Waals surface area contributed by atoms with Crippen molar-refractivity contribution in [1.29, 1.82) is 0 Å². The highest BCUT2D eigenvalue weighted by Gasteiger charge is 2.36. The number of alkyl halides is 1. The van der Waals surface area contributed by atoms with Gasteiger partial charge in [-0.2, -0.15) is 5.10 Å². The van der Waals surface area contributed by atoms with Crippen LogP contribution in [0.2, 0.25) is 0 Å². The standard InChI is InChI=1S/C52H63FN12O8/c1-32(2)47(62-44(67)16-5-4-8-26-63-45(68)23-24-46(63)69)41(66)27-35(12-10-25-55-51(54)71)50(70)59-37-20-17-34(18-21-37)30-73-52(72)64(40-15-7-6-13-38(40)53)29-42-60-48(36-19-22-43-56-31-57-65(43)28-36)49(61-42)39-14-9-11-33(3)58-39/h9,11,14,17-24,28,31-32,35,38,40,47H,4-8,10,12-13,15-16,25-27,29-30H2,1-3H3,(H,59,70)(H,60,61)(H,62,67)(H3,54,55,71)/t35-,38-,40?,47+/m1/s1. The second-order valence-electron chi connectivity index (χ2n) is 18.9. The van der Waals surface area contributed by atoms with E-state index in [0.29, 0.717) is 84.7 Å². The quantitative estimate of drug-likeness (QED) is 0.0328. The molecule has 4 atom stereocenters. The zero-order valence-electron chi connectivity index (χ0n) is 41.4. The van der Waals surface area contributed by atoms with E-state index in [9.17, 15) is 33.6 Å². The number of nitrogens with one attached hydrogen (secondary N) is 4. The van der Waals surface area contributed by atoms with Gasteiger partial charge in [0.15, 0.2) is 11.4 Å². The highest BCUT2D eigenvalue weighted by molar-refractivity contribution is 6.12. The minimum atomic E-state index is -1.27. The van der Waals surface area contributed by atoms with Gasteiger partial charge in [0, 0.05) is 67.1 Å². The number of benzene rings is 1. The molecule has 6 N–H and O–H groups in total. The Morgan fingerprint density at radius 3 is 2.44 bits per heavy atom. The van der Waals surface area contributed by atoms with Crippen molar-refractivity contribution in [3.8, 4) is 22.6 Å². The van der Waals surface area contributed by atoms with Crippen molar-refractivity contribution in [3.63, 3.8) is 0 Å². The van der Waals surface area contributed by atoms with Crippen LogP contribution in [0.15, 0.2) is 79.3 Å². The van der Waals surface area contributed by atoms with Gasteiger partial charge in [0.05, 0.1) is 35.7 Å². The number of aromatic amines is 1. The molecule has 0 radical (unpaired) electrons. The number of carbonyl (C=O) groups is 7. The fourth-order valence-corrected chi connectivity index (χ4v) is 9.09. The lowest BCUT2D eigenvalue weighted by atomic mass is 9.89.